The molecule has 0 saturated heterocycles. The Bertz CT molecular complexity index is 2920. The topological polar surface area (TPSA) is 20.5 Å². The number of benzene rings is 7. The van der Waals surface area contributed by atoms with Gasteiger partial charge in [0.05, 0.1) is 28.8 Å². The zero-order valence-corrected chi connectivity index (χ0v) is 32.1. The van der Waals surface area contributed by atoms with Gasteiger partial charge in [-0.1, -0.05) is 185 Å². The first-order valence-electron chi connectivity index (χ1n) is 19.7. The van der Waals surface area contributed by atoms with E-state index < -0.39 is 0 Å². The van der Waals surface area contributed by atoms with Gasteiger partial charge in [-0.2, -0.15) is 5.10 Å². The van der Waals surface area contributed by atoms with Crippen LogP contribution in [0.1, 0.15) is 49.9 Å². The Labute approximate surface area is 328 Å². The number of hydrogen-bond donors (Lipinski definition) is 0. The van der Waals surface area contributed by atoms with E-state index in [2.05, 4.69) is 213 Å². The molecule has 56 heavy (non-hydrogen) atoms. The van der Waals surface area contributed by atoms with Crippen molar-refractivity contribution in [3.63, 3.8) is 0 Å². The molecule has 0 atom stereocenters. The Balaban J connectivity index is 1.29. The summed E-state index contributed by atoms with van der Waals surface area (Å²) in [6, 6.07) is 62.1. The molecule has 0 N–H and O–H groups in total. The average molecular weight is 720 g/mol. The van der Waals surface area contributed by atoms with Crippen LogP contribution in [0.4, 0.5) is 17.1 Å². The van der Waals surface area contributed by atoms with Crippen LogP contribution in [-0.4, -0.2) is 9.61 Å². The van der Waals surface area contributed by atoms with Crippen LogP contribution in [0.25, 0.3) is 60.9 Å². The van der Waals surface area contributed by atoms with Crippen molar-refractivity contribution in [1.29, 1.82) is 0 Å². The number of nitrogens with zero attached hydrogens (tertiary/aromatic N) is 3. The van der Waals surface area contributed by atoms with E-state index in [1.165, 1.54) is 61.3 Å². The van der Waals surface area contributed by atoms with Crippen LogP contribution >= 0.6 is 0 Å². The van der Waals surface area contributed by atoms with E-state index in [9.17, 15) is 0 Å². The van der Waals surface area contributed by atoms with Crippen molar-refractivity contribution < 1.29 is 0 Å². The lowest BCUT2D eigenvalue weighted by Gasteiger charge is -2.32. The van der Waals surface area contributed by atoms with Crippen LogP contribution in [0.15, 0.2) is 176 Å². The highest BCUT2D eigenvalue weighted by molar-refractivity contribution is 6.13. The van der Waals surface area contributed by atoms with Gasteiger partial charge in [-0.3, -0.25) is 0 Å². The maximum Gasteiger partial charge on any atom is 0.101 e. The van der Waals surface area contributed by atoms with Crippen molar-refractivity contribution in [2.24, 2.45) is 0 Å². The third kappa shape index (κ3) is 4.49. The zero-order chi connectivity index (χ0) is 37.8. The fourth-order valence-corrected chi connectivity index (χ4v) is 9.97. The highest BCUT2D eigenvalue weighted by atomic mass is 15.2. The number of aromatic nitrogens is 2. The van der Waals surface area contributed by atoms with Crippen molar-refractivity contribution in [3.8, 4) is 44.6 Å². The van der Waals surface area contributed by atoms with Gasteiger partial charge in [0.25, 0.3) is 0 Å². The van der Waals surface area contributed by atoms with Crippen LogP contribution in [0.3, 0.4) is 0 Å². The van der Waals surface area contributed by atoms with Gasteiger partial charge in [0.15, 0.2) is 0 Å². The van der Waals surface area contributed by atoms with Crippen molar-refractivity contribution >= 4 is 33.4 Å². The summed E-state index contributed by atoms with van der Waals surface area (Å²) in [4.78, 5) is 2.56. The predicted octanol–water partition coefficient (Wildman–Crippen LogP) is 13.9. The SMILES string of the molecule is CC1(C)c2ccccc2-c2c(N(c3cccc4c3-c3ccccc3C4(C)C)c3cn4nc(-c5ccccc5)c(-c5ccccc5)c4c4ccccc34)cccc21. The molecule has 3 nitrogen and oxygen atoms in total. The summed E-state index contributed by atoms with van der Waals surface area (Å²) in [7, 11) is 0. The molecule has 9 aromatic rings. The van der Waals surface area contributed by atoms with Crippen molar-refractivity contribution in [2.45, 2.75) is 38.5 Å². The minimum absolute atomic E-state index is 0.149. The van der Waals surface area contributed by atoms with E-state index in [1.54, 1.807) is 0 Å². The van der Waals surface area contributed by atoms with E-state index in [0.29, 0.717) is 0 Å². The molecule has 2 aromatic heterocycles. The maximum atomic E-state index is 5.49. The Morgan fingerprint density at radius 3 is 1.45 bits per heavy atom. The molecular weight excluding hydrogens is 679 g/mol. The molecule has 0 fully saturated rings. The van der Waals surface area contributed by atoms with E-state index >= 15 is 0 Å². The third-order valence-electron chi connectivity index (χ3n) is 12.6. The highest BCUT2D eigenvalue weighted by Crippen LogP contribution is 2.58. The molecule has 2 aliphatic rings. The van der Waals surface area contributed by atoms with Crippen molar-refractivity contribution in [2.75, 3.05) is 4.90 Å². The second kappa shape index (κ2) is 11.9. The normalized spacial score (nSPS) is 14.4. The van der Waals surface area contributed by atoms with Crippen LogP contribution in [0, 0.1) is 0 Å². The Morgan fingerprint density at radius 1 is 0.411 bits per heavy atom. The molecule has 2 heterocycles. The highest BCUT2D eigenvalue weighted by Gasteiger charge is 2.41. The molecule has 0 radical (unpaired) electrons. The second-order valence-corrected chi connectivity index (χ2v) is 16.4. The summed E-state index contributed by atoms with van der Waals surface area (Å²) < 4.78 is 2.15. The molecule has 0 amide bonds. The standard InChI is InChI=1S/C53H41N3/c1-52(2)40-27-15-13-25-38(40)48-42(52)29-17-31-44(48)56(45-32-18-30-43-49(45)39-26-14-16-28-41(39)53(43,3)4)46-33-55-51(37-24-12-11-23-36(37)46)47(34-19-7-5-8-20-34)50(54-55)35-21-9-6-10-22-35/h5-33H,1-4H3. The summed E-state index contributed by atoms with van der Waals surface area (Å²) in [6.45, 7) is 9.47. The number of fused-ring (bicyclic) bond motifs is 9. The number of rotatable bonds is 5. The molecule has 2 aliphatic carbocycles. The first-order valence-corrected chi connectivity index (χ1v) is 19.7. The molecule has 268 valence electrons. The van der Waals surface area contributed by atoms with E-state index in [-0.39, 0.29) is 10.8 Å². The van der Waals surface area contributed by atoms with Gasteiger partial charge in [0.1, 0.15) is 5.69 Å². The second-order valence-electron chi connectivity index (χ2n) is 16.4. The third-order valence-corrected chi connectivity index (χ3v) is 12.6. The molecular formula is C53H41N3. The molecule has 0 unspecified atom stereocenters. The van der Waals surface area contributed by atoms with E-state index in [0.717, 1.165) is 39.0 Å². The summed E-state index contributed by atoms with van der Waals surface area (Å²) >= 11 is 0. The minimum atomic E-state index is -0.149. The Hall–Kier alpha value is -6.71. The Kier molecular flexibility index (Phi) is 6.94. The minimum Gasteiger partial charge on any atom is -0.307 e. The summed E-state index contributed by atoms with van der Waals surface area (Å²) in [6.07, 6.45) is 2.29. The predicted molar refractivity (Wildman–Crippen MR) is 233 cm³/mol. The van der Waals surface area contributed by atoms with Crippen LogP contribution in [0.5, 0.6) is 0 Å². The zero-order valence-electron chi connectivity index (χ0n) is 32.1. The summed E-state index contributed by atoms with van der Waals surface area (Å²) in [5.74, 6) is 0. The quantitative estimate of drug-likeness (QED) is 0.177. The van der Waals surface area contributed by atoms with Crippen LogP contribution in [-0.2, 0) is 10.8 Å². The summed E-state index contributed by atoms with van der Waals surface area (Å²) in [5.41, 5.74) is 19.1. The fraction of sp³-hybridized carbons (Fsp3) is 0.113. The molecule has 0 saturated carbocycles. The molecule has 0 aliphatic heterocycles. The smallest absolute Gasteiger partial charge is 0.101 e. The lowest BCUT2D eigenvalue weighted by molar-refractivity contribution is 0.660. The van der Waals surface area contributed by atoms with Crippen molar-refractivity contribution in [1.82, 2.24) is 9.61 Å². The maximum absolute atomic E-state index is 5.49. The number of hydrogen-bond acceptors (Lipinski definition) is 2. The van der Waals surface area contributed by atoms with Gasteiger partial charge in [0, 0.05) is 43.9 Å². The van der Waals surface area contributed by atoms with Gasteiger partial charge in [-0.05, 0) is 51.1 Å². The van der Waals surface area contributed by atoms with Gasteiger partial charge >= 0.3 is 0 Å². The summed E-state index contributed by atoms with van der Waals surface area (Å²) in [5, 5.41) is 7.82. The fourth-order valence-electron chi connectivity index (χ4n) is 9.97. The molecule has 0 bridgehead atoms. The van der Waals surface area contributed by atoms with Gasteiger partial charge in [0.2, 0.25) is 0 Å². The lowest BCUT2D eigenvalue weighted by Crippen LogP contribution is -2.17. The monoisotopic (exact) mass is 719 g/mol. The van der Waals surface area contributed by atoms with E-state index in [4.69, 9.17) is 5.10 Å². The van der Waals surface area contributed by atoms with Gasteiger partial charge in [-0.15, -0.1) is 0 Å². The Morgan fingerprint density at radius 2 is 0.875 bits per heavy atom. The first kappa shape index (κ1) is 32.7. The van der Waals surface area contributed by atoms with Gasteiger partial charge < -0.3 is 4.90 Å². The van der Waals surface area contributed by atoms with Crippen LogP contribution in [0.2, 0.25) is 0 Å². The largest absolute Gasteiger partial charge is 0.307 e. The number of anilines is 3. The van der Waals surface area contributed by atoms with Crippen molar-refractivity contribution in [3.05, 3.63) is 198 Å². The molecule has 7 aromatic carbocycles. The molecule has 0 spiro atoms. The van der Waals surface area contributed by atoms with Crippen LogP contribution < -0.4 is 4.90 Å². The molecule has 3 heteroatoms. The number of pyridine rings is 1. The molecule has 11 rings (SSSR count). The van der Waals surface area contributed by atoms with E-state index in [1.807, 2.05) is 0 Å². The average Bonchev–Trinajstić information content (AvgIpc) is 3.83. The van der Waals surface area contributed by atoms with Gasteiger partial charge in [-0.25, -0.2) is 4.52 Å². The first-order chi connectivity index (χ1) is 27.3. The lowest BCUT2D eigenvalue weighted by atomic mass is 9.82.